The zero-order chi connectivity index (χ0) is 14.8. The number of amides is 1. The molecule has 0 bridgehead atoms. The second-order valence-electron chi connectivity index (χ2n) is 5.98. The van der Waals surface area contributed by atoms with Crippen LogP contribution in [0.5, 0.6) is 11.5 Å². The molecule has 1 aromatic rings. The van der Waals surface area contributed by atoms with Gasteiger partial charge in [0.15, 0.2) is 11.5 Å². The first-order valence-corrected chi connectivity index (χ1v) is 7.58. The summed E-state index contributed by atoms with van der Waals surface area (Å²) in [5.74, 6) is 2.11. The number of anilines is 1. The Labute approximate surface area is 125 Å². The van der Waals surface area contributed by atoms with E-state index in [1.54, 1.807) is 0 Å². The first-order chi connectivity index (χ1) is 10.1. The Morgan fingerprint density at radius 3 is 3.00 bits per heavy atom. The Hall–Kier alpha value is -1.75. The van der Waals surface area contributed by atoms with Gasteiger partial charge in [0, 0.05) is 18.3 Å². The third-order valence-corrected chi connectivity index (χ3v) is 4.26. The van der Waals surface area contributed by atoms with E-state index >= 15 is 0 Å². The molecule has 1 amide bonds. The number of hydrogen-bond donors (Lipinski definition) is 1. The van der Waals surface area contributed by atoms with E-state index in [-0.39, 0.29) is 18.7 Å². The topological polar surface area (TPSA) is 50.8 Å². The van der Waals surface area contributed by atoms with Gasteiger partial charge in [-0.05, 0) is 44.4 Å². The molecule has 1 aromatic carbocycles. The number of ether oxygens (including phenoxy) is 2. The Morgan fingerprint density at radius 1 is 1.38 bits per heavy atom. The average molecular weight is 290 g/mol. The highest BCUT2D eigenvalue weighted by molar-refractivity contribution is 5.94. The third-order valence-electron chi connectivity index (χ3n) is 4.26. The molecule has 1 N–H and O–H groups in total. The number of nitrogens with zero attached hydrogens (tertiary/aromatic N) is 1. The summed E-state index contributed by atoms with van der Waals surface area (Å²) < 4.78 is 10.6. The maximum absolute atomic E-state index is 12.4. The molecule has 21 heavy (non-hydrogen) atoms. The first-order valence-electron chi connectivity index (χ1n) is 7.58. The molecule has 0 saturated carbocycles. The van der Waals surface area contributed by atoms with Gasteiger partial charge in [0.2, 0.25) is 12.7 Å². The van der Waals surface area contributed by atoms with Crippen LogP contribution in [-0.4, -0.2) is 36.7 Å². The number of carbonyl (C=O) groups is 1. The maximum atomic E-state index is 12.4. The van der Waals surface area contributed by atoms with E-state index in [1.165, 1.54) is 12.8 Å². The second kappa shape index (κ2) is 5.93. The van der Waals surface area contributed by atoms with Crippen LogP contribution in [0.2, 0.25) is 0 Å². The fraction of sp³-hybridized carbons (Fsp3) is 0.562. The summed E-state index contributed by atoms with van der Waals surface area (Å²) in [5.41, 5.74) is 0.751. The van der Waals surface area contributed by atoms with Crippen molar-refractivity contribution in [3.05, 3.63) is 18.2 Å². The molecule has 0 unspecified atom stereocenters. The largest absolute Gasteiger partial charge is 0.454 e. The molecule has 1 saturated heterocycles. The molecular weight excluding hydrogens is 268 g/mol. The van der Waals surface area contributed by atoms with E-state index in [0.29, 0.717) is 11.7 Å². The molecule has 1 fully saturated rings. The van der Waals surface area contributed by atoms with Gasteiger partial charge in [-0.3, -0.25) is 9.69 Å². The average Bonchev–Trinajstić information content (AvgIpc) is 2.94. The number of carbonyl (C=O) groups excluding carboxylic acids is 1. The fourth-order valence-corrected chi connectivity index (χ4v) is 2.96. The van der Waals surface area contributed by atoms with Crippen LogP contribution in [0.1, 0.15) is 26.7 Å². The van der Waals surface area contributed by atoms with Gasteiger partial charge in [0.05, 0.1) is 6.04 Å². The zero-order valence-electron chi connectivity index (χ0n) is 12.6. The SMILES string of the molecule is C[C@H]1CCCN([C@@H](C)C(=O)Nc2ccc3c(c2)OCO3)C1. The van der Waals surface area contributed by atoms with Crippen molar-refractivity contribution in [3.63, 3.8) is 0 Å². The minimum Gasteiger partial charge on any atom is -0.454 e. The molecule has 5 nitrogen and oxygen atoms in total. The third kappa shape index (κ3) is 3.13. The number of benzene rings is 1. The van der Waals surface area contributed by atoms with Crippen LogP contribution in [-0.2, 0) is 4.79 Å². The Balaban J connectivity index is 1.62. The summed E-state index contributed by atoms with van der Waals surface area (Å²) >= 11 is 0. The molecule has 5 heteroatoms. The number of fused-ring (bicyclic) bond motifs is 1. The van der Waals surface area contributed by atoms with Crippen molar-refractivity contribution in [3.8, 4) is 11.5 Å². The molecule has 0 aromatic heterocycles. The van der Waals surface area contributed by atoms with Gasteiger partial charge in [-0.1, -0.05) is 6.92 Å². The lowest BCUT2D eigenvalue weighted by Crippen LogP contribution is -2.46. The van der Waals surface area contributed by atoms with Crippen LogP contribution in [0, 0.1) is 5.92 Å². The van der Waals surface area contributed by atoms with Gasteiger partial charge < -0.3 is 14.8 Å². The monoisotopic (exact) mass is 290 g/mol. The van der Waals surface area contributed by atoms with E-state index in [2.05, 4.69) is 17.1 Å². The van der Waals surface area contributed by atoms with E-state index in [4.69, 9.17) is 9.47 Å². The molecule has 2 aliphatic heterocycles. The van der Waals surface area contributed by atoms with Crippen molar-refractivity contribution >= 4 is 11.6 Å². The first kappa shape index (κ1) is 14.2. The van der Waals surface area contributed by atoms with Crippen molar-refractivity contribution in [1.29, 1.82) is 0 Å². The van der Waals surface area contributed by atoms with E-state index < -0.39 is 0 Å². The van der Waals surface area contributed by atoms with Gasteiger partial charge in [0.25, 0.3) is 0 Å². The van der Waals surface area contributed by atoms with Crippen LogP contribution in [0.3, 0.4) is 0 Å². The van der Waals surface area contributed by atoms with Crippen molar-refractivity contribution in [1.82, 2.24) is 4.90 Å². The van der Waals surface area contributed by atoms with Crippen LogP contribution in [0.15, 0.2) is 18.2 Å². The predicted octanol–water partition coefficient (Wildman–Crippen LogP) is 2.47. The summed E-state index contributed by atoms with van der Waals surface area (Å²) in [7, 11) is 0. The maximum Gasteiger partial charge on any atom is 0.241 e. The van der Waals surface area contributed by atoms with E-state index in [1.807, 2.05) is 25.1 Å². The van der Waals surface area contributed by atoms with Crippen LogP contribution in [0.25, 0.3) is 0 Å². The van der Waals surface area contributed by atoms with Gasteiger partial charge >= 0.3 is 0 Å². The van der Waals surface area contributed by atoms with Crippen molar-refractivity contribution in [2.45, 2.75) is 32.7 Å². The molecule has 2 atom stereocenters. The Bertz CT molecular complexity index is 532. The van der Waals surface area contributed by atoms with Crippen LogP contribution >= 0.6 is 0 Å². The number of hydrogen-bond acceptors (Lipinski definition) is 4. The van der Waals surface area contributed by atoms with Gasteiger partial charge in [-0.2, -0.15) is 0 Å². The zero-order valence-corrected chi connectivity index (χ0v) is 12.6. The molecule has 2 heterocycles. The predicted molar refractivity (Wildman–Crippen MR) is 80.6 cm³/mol. The Kier molecular flexibility index (Phi) is 4.01. The van der Waals surface area contributed by atoms with Gasteiger partial charge in [-0.25, -0.2) is 0 Å². The number of nitrogens with one attached hydrogen (secondary N) is 1. The number of likely N-dealkylation sites (tertiary alicyclic amines) is 1. The van der Waals surface area contributed by atoms with Crippen LogP contribution in [0.4, 0.5) is 5.69 Å². The second-order valence-corrected chi connectivity index (χ2v) is 5.98. The number of piperidine rings is 1. The molecule has 0 spiro atoms. The van der Waals surface area contributed by atoms with E-state index in [0.717, 1.165) is 24.5 Å². The molecule has 114 valence electrons. The lowest BCUT2D eigenvalue weighted by Gasteiger charge is -2.34. The summed E-state index contributed by atoms with van der Waals surface area (Å²) in [4.78, 5) is 14.7. The molecular formula is C16H22N2O3. The highest BCUT2D eigenvalue weighted by atomic mass is 16.7. The minimum absolute atomic E-state index is 0.0305. The minimum atomic E-state index is -0.113. The lowest BCUT2D eigenvalue weighted by molar-refractivity contribution is -0.121. The summed E-state index contributed by atoms with van der Waals surface area (Å²) in [6, 6.07) is 5.37. The highest BCUT2D eigenvalue weighted by Crippen LogP contribution is 2.34. The molecule has 0 radical (unpaired) electrons. The standard InChI is InChI=1S/C16H22N2O3/c1-11-4-3-7-18(9-11)12(2)16(19)17-13-5-6-14-15(8-13)21-10-20-14/h5-6,8,11-12H,3-4,7,9-10H2,1-2H3,(H,17,19)/t11-,12-/m0/s1. The summed E-state index contributed by atoms with van der Waals surface area (Å²) in [5, 5.41) is 2.97. The van der Waals surface area contributed by atoms with Crippen molar-refractivity contribution in [2.75, 3.05) is 25.2 Å². The smallest absolute Gasteiger partial charge is 0.241 e. The molecule has 0 aliphatic carbocycles. The lowest BCUT2D eigenvalue weighted by atomic mass is 9.99. The van der Waals surface area contributed by atoms with Gasteiger partial charge in [-0.15, -0.1) is 0 Å². The highest BCUT2D eigenvalue weighted by Gasteiger charge is 2.26. The number of rotatable bonds is 3. The fourth-order valence-electron chi connectivity index (χ4n) is 2.96. The van der Waals surface area contributed by atoms with Gasteiger partial charge in [0.1, 0.15) is 0 Å². The quantitative estimate of drug-likeness (QED) is 0.929. The summed E-state index contributed by atoms with van der Waals surface area (Å²) in [6.07, 6.45) is 2.43. The van der Waals surface area contributed by atoms with Crippen molar-refractivity contribution in [2.24, 2.45) is 5.92 Å². The molecule has 3 rings (SSSR count). The Morgan fingerprint density at radius 2 is 2.19 bits per heavy atom. The molecule has 2 aliphatic rings. The summed E-state index contributed by atoms with van der Waals surface area (Å²) in [6.45, 7) is 6.46. The van der Waals surface area contributed by atoms with Crippen molar-refractivity contribution < 1.29 is 14.3 Å². The van der Waals surface area contributed by atoms with Crippen LogP contribution < -0.4 is 14.8 Å². The van der Waals surface area contributed by atoms with E-state index in [9.17, 15) is 4.79 Å². The normalized spacial score (nSPS) is 22.9.